The van der Waals surface area contributed by atoms with Crippen molar-refractivity contribution in [1.29, 1.82) is 0 Å². The zero-order chi connectivity index (χ0) is 22.0. The summed E-state index contributed by atoms with van der Waals surface area (Å²) in [5, 5.41) is 14.5. The predicted octanol–water partition coefficient (Wildman–Crippen LogP) is 3.39. The summed E-state index contributed by atoms with van der Waals surface area (Å²) in [5.41, 5.74) is 6.13. The van der Waals surface area contributed by atoms with Crippen LogP contribution in [0.4, 0.5) is 11.5 Å². The molecule has 31 heavy (non-hydrogen) atoms. The van der Waals surface area contributed by atoms with Crippen molar-refractivity contribution in [3.05, 3.63) is 95.4 Å². The van der Waals surface area contributed by atoms with Crippen molar-refractivity contribution in [3.63, 3.8) is 0 Å². The lowest BCUT2D eigenvalue weighted by atomic mass is 10.3. The van der Waals surface area contributed by atoms with Crippen LogP contribution in [0.15, 0.2) is 104 Å². The van der Waals surface area contributed by atoms with E-state index in [0.717, 1.165) is 9.13 Å². The molecule has 4 rings (SSSR count). The van der Waals surface area contributed by atoms with Gasteiger partial charge in [0.1, 0.15) is 0 Å². The molecule has 0 amide bonds. The molecule has 0 spiro atoms. The van der Waals surface area contributed by atoms with Crippen LogP contribution in [0.3, 0.4) is 0 Å². The SMILES string of the molecule is Nc1ccc(S(=O)(=O)/N=N/c2c(O)n(-c3ccccc3)c(=O)n2-c2ccccc2)cc1. The molecule has 1 heterocycles. The number of benzene rings is 3. The zero-order valence-corrected chi connectivity index (χ0v) is 16.8. The molecule has 0 saturated carbocycles. The molecule has 0 aliphatic rings. The summed E-state index contributed by atoms with van der Waals surface area (Å²) in [6.07, 6.45) is 0. The molecule has 0 saturated heterocycles. The molecular weight excluding hydrogens is 418 g/mol. The van der Waals surface area contributed by atoms with Crippen LogP contribution in [0.5, 0.6) is 5.88 Å². The minimum Gasteiger partial charge on any atom is -0.491 e. The number of hydrogen-bond acceptors (Lipinski definition) is 6. The number of aromatic hydroxyl groups is 1. The molecule has 0 atom stereocenters. The van der Waals surface area contributed by atoms with E-state index in [2.05, 4.69) is 9.63 Å². The lowest BCUT2D eigenvalue weighted by Gasteiger charge is -2.02. The third-order valence-corrected chi connectivity index (χ3v) is 5.62. The third-order valence-electron chi connectivity index (χ3n) is 4.46. The Morgan fingerprint density at radius 3 is 1.84 bits per heavy atom. The largest absolute Gasteiger partial charge is 0.491 e. The maximum Gasteiger partial charge on any atom is 0.342 e. The smallest absolute Gasteiger partial charge is 0.342 e. The first-order valence-electron chi connectivity index (χ1n) is 9.09. The van der Waals surface area contributed by atoms with Crippen LogP contribution in [0.1, 0.15) is 0 Å². The number of aromatic nitrogens is 2. The standard InChI is InChI=1S/C21H17N5O4S/c22-15-11-13-18(14-12-15)31(29,30)24-23-19-20(27)26(17-9-5-2-6-10-17)21(28)25(19)16-7-3-1-4-8-16/h1-14,27H,22H2/b24-23+. The average Bonchev–Trinajstić information content (AvgIpc) is 3.03. The minimum atomic E-state index is -4.19. The number of nitrogens with two attached hydrogens (primary N) is 1. The second kappa shape index (κ2) is 7.92. The van der Waals surface area contributed by atoms with Gasteiger partial charge in [-0.15, -0.1) is 5.11 Å². The number of nitrogen functional groups attached to an aromatic ring is 1. The highest BCUT2D eigenvalue weighted by Gasteiger charge is 2.23. The van der Waals surface area contributed by atoms with Gasteiger partial charge in [0.25, 0.3) is 10.0 Å². The number of para-hydroxylation sites is 2. The summed E-state index contributed by atoms with van der Waals surface area (Å²) >= 11 is 0. The van der Waals surface area contributed by atoms with Gasteiger partial charge in [-0.2, -0.15) is 8.42 Å². The molecule has 10 heteroatoms. The van der Waals surface area contributed by atoms with Crippen LogP contribution >= 0.6 is 0 Å². The predicted molar refractivity (Wildman–Crippen MR) is 116 cm³/mol. The molecule has 3 N–H and O–H groups in total. The molecule has 0 aliphatic carbocycles. The van der Waals surface area contributed by atoms with E-state index in [4.69, 9.17) is 5.73 Å². The van der Waals surface area contributed by atoms with Gasteiger partial charge in [-0.1, -0.05) is 40.9 Å². The highest BCUT2D eigenvalue weighted by Crippen LogP contribution is 2.31. The Hall–Kier alpha value is -4.18. The highest BCUT2D eigenvalue weighted by molar-refractivity contribution is 7.90. The summed E-state index contributed by atoms with van der Waals surface area (Å²) in [6.45, 7) is 0. The molecule has 1 aromatic heterocycles. The van der Waals surface area contributed by atoms with Crippen LogP contribution in [-0.2, 0) is 10.0 Å². The van der Waals surface area contributed by atoms with E-state index >= 15 is 0 Å². The fourth-order valence-corrected chi connectivity index (χ4v) is 3.73. The summed E-state index contributed by atoms with van der Waals surface area (Å²) in [7, 11) is -4.19. The molecule has 0 fully saturated rings. The van der Waals surface area contributed by atoms with E-state index in [-0.39, 0.29) is 10.7 Å². The van der Waals surface area contributed by atoms with Gasteiger partial charge in [0.05, 0.1) is 16.3 Å². The topological polar surface area (TPSA) is 132 Å². The zero-order valence-electron chi connectivity index (χ0n) is 16.0. The minimum absolute atomic E-state index is 0.124. The van der Waals surface area contributed by atoms with E-state index in [9.17, 15) is 18.3 Å². The van der Waals surface area contributed by atoms with Crippen molar-refractivity contribution < 1.29 is 13.5 Å². The maximum atomic E-state index is 13.1. The Morgan fingerprint density at radius 2 is 1.29 bits per heavy atom. The summed E-state index contributed by atoms with van der Waals surface area (Å²) in [5.74, 6) is -0.865. The lowest BCUT2D eigenvalue weighted by molar-refractivity contribution is 0.442. The fourth-order valence-electron chi connectivity index (χ4n) is 2.97. The Balaban J connectivity index is 1.90. The first kappa shape index (κ1) is 20.1. The van der Waals surface area contributed by atoms with E-state index in [1.165, 1.54) is 24.3 Å². The number of nitrogens with zero attached hydrogens (tertiary/aromatic N) is 4. The average molecular weight is 435 g/mol. The van der Waals surface area contributed by atoms with Crippen molar-refractivity contribution in [2.24, 2.45) is 9.63 Å². The van der Waals surface area contributed by atoms with Gasteiger partial charge in [-0.3, -0.25) is 0 Å². The lowest BCUT2D eigenvalue weighted by Crippen LogP contribution is -2.21. The number of sulfonamides is 1. The van der Waals surface area contributed by atoms with E-state index in [1.54, 1.807) is 60.7 Å². The maximum absolute atomic E-state index is 13.1. The first-order chi connectivity index (χ1) is 14.9. The monoisotopic (exact) mass is 435 g/mol. The van der Waals surface area contributed by atoms with Gasteiger partial charge in [0.15, 0.2) is 0 Å². The summed E-state index contributed by atoms with van der Waals surface area (Å²) in [4.78, 5) is 13.0. The van der Waals surface area contributed by atoms with E-state index < -0.39 is 21.6 Å². The highest BCUT2D eigenvalue weighted by atomic mass is 32.2. The normalized spacial score (nSPS) is 11.7. The Bertz CT molecular complexity index is 1410. The molecule has 0 unspecified atom stereocenters. The molecule has 9 nitrogen and oxygen atoms in total. The van der Waals surface area contributed by atoms with Gasteiger partial charge in [0, 0.05) is 5.69 Å². The van der Waals surface area contributed by atoms with Crippen molar-refractivity contribution in [2.75, 3.05) is 5.73 Å². The van der Waals surface area contributed by atoms with Crippen molar-refractivity contribution in [2.45, 2.75) is 4.90 Å². The van der Waals surface area contributed by atoms with E-state index in [1.807, 2.05) is 0 Å². The summed E-state index contributed by atoms with van der Waals surface area (Å²) in [6, 6.07) is 22.3. The van der Waals surface area contributed by atoms with Crippen LogP contribution in [0, 0.1) is 0 Å². The first-order valence-corrected chi connectivity index (χ1v) is 10.5. The fraction of sp³-hybridized carbons (Fsp3) is 0. The van der Waals surface area contributed by atoms with Crippen molar-refractivity contribution in [3.8, 4) is 17.3 Å². The number of rotatable bonds is 5. The molecule has 0 radical (unpaired) electrons. The second-order valence-electron chi connectivity index (χ2n) is 6.50. The van der Waals surface area contributed by atoms with Crippen LogP contribution in [0.2, 0.25) is 0 Å². The number of hydrogen-bond donors (Lipinski definition) is 2. The summed E-state index contributed by atoms with van der Waals surface area (Å²) < 4.78 is 30.7. The Kier molecular flexibility index (Phi) is 5.14. The molecule has 156 valence electrons. The van der Waals surface area contributed by atoms with Gasteiger partial charge in [-0.05, 0) is 48.5 Å². The van der Waals surface area contributed by atoms with Crippen molar-refractivity contribution >= 4 is 21.5 Å². The van der Waals surface area contributed by atoms with Crippen LogP contribution in [-0.4, -0.2) is 22.7 Å². The quantitative estimate of drug-likeness (QED) is 0.366. The van der Waals surface area contributed by atoms with Crippen LogP contribution in [0.25, 0.3) is 11.4 Å². The molecule has 3 aromatic carbocycles. The Morgan fingerprint density at radius 1 is 0.774 bits per heavy atom. The van der Waals surface area contributed by atoms with E-state index in [0.29, 0.717) is 17.1 Å². The van der Waals surface area contributed by atoms with Gasteiger partial charge in [0.2, 0.25) is 11.7 Å². The molecule has 0 aliphatic heterocycles. The number of imidazole rings is 1. The molecular formula is C21H17N5O4S. The third kappa shape index (κ3) is 3.83. The van der Waals surface area contributed by atoms with Crippen LogP contribution < -0.4 is 11.4 Å². The molecule has 0 bridgehead atoms. The van der Waals surface area contributed by atoms with Gasteiger partial charge < -0.3 is 10.8 Å². The Labute approximate surface area is 177 Å². The number of anilines is 1. The molecule has 4 aromatic rings. The van der Waals surface area contributed by atoms with Gasteiger partial charge >= 0.3 is 5.69 Å². The van der Waals surface area contributed by atoms with Gasteiger partial charge in [-0.25, -0.2) is 13.9 Å². The second-order valence-corrected chi connectivity index (χ2v) is 8.08. The van der Waals surface area contributed by atoms with Crippen molar-refractivity contribution in [1.82, 2.24) is 9.13 Å².